The summed E-state index contributed by atoms with van der Waals surface area (Å²) in [6.45, 7) is 0. The van der Waals surface area contributed by atoms with Gasteiger partial charge in [-0.3, -0.25) is 5.41 Å². The number of nitrogens with zero attached hydrogens (tertiary/aromatic N) is 2. The summed E-state index contributed by atoms with van der Waals surface area (Å²) in [5.41, 5.74) is 6.94. The largest absolute Gasteiger partial charge is 0.495 e. The fraction of sp³-hybridized carbons (Fsp3) is 0.143. The number of hydrogen-bond acceptors (Lipinski definition) is 4. The topological polar surface area (TPSA) is 75.2 Å². The number of aromatic nitrogens is 1. The second-order valence-corrected chi connectivity index (χ2v) is 4.05. The van der Waals surface area contributed by atoms with Gasteiger partial charge in [0.15, 0.2) is 0 Å². The Kier molecular flexibility index (Phi) is 3.66. The lowest BCUT2D eigenvalue weighted by atomic mass is 10.2. The van der Waals surface area contributed by atoms with Crippen LogP contribution in [0.15, 0.2) is 42.6 Å². The van der Waals surface area contributed by atoms with E-state index < -0.39 is 0 Å². The molecular weight excluding hydrogens is 240 g/mol. The Labute approximate surface area is 112 Å². The molecule has 1 aromatic heterocycles. The number of amidine groups is 1. The maximum atomic E-state index is 7.35. The van der Waals surface area contributed by atoms with E-state index in [0.717, 1.165) is 17.3 Å². The lowest BCUT2D eigenvalue weighted by Gasteiger charge is -2.20. The number of ether oxygens (including phenoxy) is 1. The van der Waals surface area contributed by atoms with Crippen molar-refractivity contribution in [1.29, 1.82) is 5.41 Å². The van der Waals surface area contributed by atoms with Crippen LogP contribution in [0.4, 0.5) is 11.5 Å². The van der Waals surface area contributed by atoms with Crippen molar-refractivity contribution in [2.75, 3.05) is 19.1 Å². The van der Waals surface area contributed by atoms with E-state index in [1.807, 2.05) is 42.3 Å². The zero-order valence-corrected chi connectivity index (χ0v) is 10.9. The van der Waals surface area contributed by atoms with E-state index in [2.05, 4.69) is 4.98 Å². The molecule has 1 heterocycles. The molecule has 0 amide bonds. The summed E-state index contributed by atoms with van der Waals surface area (Å²) in [7, 11) is 3.55. The van der Waals surface area contributed by atoms with E-state index in [0.29, 0.717) is 5.56 Å². The van der Waals surface area contributed by atoms with Crippen molar-refractivity contribution in [2.24, 2.45) is 5.73 Å². The van der Waals surface area contributed by atoms with Crippen LogP contribution in [0.5, 0.6) is 5.75 Å². The summed E-state index contributed by atoms with van der Waals surface area (Å²) in [4.78, 5) is 6.22. The Morgan fingerprint density at radius 3 is 2.58 bits per heavy atom. The van der Waals surface area contributed by atoms with Crippen LogP contribution in [-0.2, 0) is 0 Å². The van der Waals surface area contributed by atoms with Crippen LogP contribution in [0.3, 0.4) is 0 Å². The molecule has 19 heavy (non-hydrogen) atoms. The number of anilines is 2. The summed E-state index contributed by atoms with van der Waals surface area (Å²) in [6, 6.07) is 11.3. The number of methoxy groups -OCH3 is 1. The maximum absolute atomic E-state index is 7.35. The molecule has 5 heteroatoms. The van der Waals surface area contributed by atoms with Crippen molar-refractivity contribution >= 4 is 17.3 Å². The Morgan fingerprint density at radius 2 is 2.00 bits per heavy atom. The van der Waals surface area contributed by atoms with E-state index in [9.17, 15) is 0 Å². The molecule has 0 aliphatic rings. The minimum atomic E-state index is 0.0130. The fourth-order valence-corrected chi connectivity index (χ4v) is 1.77. The Hall–Kier alpha value is -2.56. The van der Waals surface area contributed by atoms with E-state index in [4.69, 9.17) is 15.9 Å². The molecule has 0 radical (unpaired) electrons. The minimum Gasteiger partial charge on any atom is -0.495 e. The highest BCUT2D eigenvalue weighted by atomic mass is 16.5. The molecule has 0 unspecified atom stereocenters. The van der Waals surface area contributed by atoms with Crippen molar-refractivity contribution in [3.05, 3.63) is 48.2 Å². The number of nitrogens with two attached hydrogens (primary N) is 1. The van der Waals surface area contributed by atoms with Crippen molar-refractivity contribution in [2.45, 2.75) is 0 Å². The highest BCUT2D eigenvalue weighted by Gasteiger charge is 2.10. The average Bonchev–Trinajstić information content (AvgIpc) is 2.46. The predicted molar refractivity (Wildman–Crippen MR) is 76.3 cm³/mol. The van der Waals surface area contributed by atoms with Gasteiger partial charge >= 0.3 is 0 Å². The van der Waals surface area contributed by atoms with Crippen molar-refractivity contribution < 1.29 is 4.74 Å². The second-order valence-electron chi connectivity index (χ2n) is 4.05. The number of nitrogens with one attached hydrogen (secondary N) is 1. The van der Waals surface area contributed by atoms with E-state index >= 15 is 0 Å². The van der Waals surface area contributed by atoms with Crippen LogP contribution in [0, 0.1) is 5.41 Å². The standard InChI is InChI=1S/C14H16N4O/c1-18(11-5-3-4-6-12(11)19-2)13-8-7-10(9-17-13)14(15)16/h3-9H,1-2H3,(H3,15,16). The molecule has 0 saturated carbocycles. The zero-order valence-electron chi connectivity index (χ0n) is 10.9. The third kappa shape index (κ3) is 2.65. The molecule has 2 aromatic rings. The van der Waals surface area contributed by atoms with Gasteiger partial charge in [0.1, 0.15) is 17.4 Å². The number of hydrogen-bond donors (Lipinski definition) is 2. The first kappa shape index (κ1) is 12.9. The number of rotatable bonds is 4. The summed E-state index contributed by atoms with van der Waals surface area (Å²) in [6.07, 6.45) is 1.59. The highest BCUT2D eigenvalue weighted by Crippen LogP contribution is 2.30. The van der Waals surface area contributed by atoms with Gasteiger partial charge in [0.2, 0.25) is 0 Å². The molecule has 3 N–H and O–H groups in total. The number of pyridine rings is 1. The van der Waals surface area contributed by atoms with E-state index in [1.54, 1.807) is 19.4 Å². The van der Waals surface area contributed by atoms with Crippen molar-refractivity contribution in [3.8, 4) is 5.75 Å². The second kappa shape index (κ2) is 5.39. The van der Waals surface area contributed by atoms with Crippen LogP contribution in [-0.4, -0.2) is 25.0 Å². The number of nitrogen functional groups attached to an aromatic ring is 1. The normalized spacial score (nSPS) is 10.0. The van der Waals surface area contributed by atoms with Gasteiger partial charge in [-0.05, 0) is 24.3 Å². The first-order chi connectivity index (χ1) is 9.13. The van der Waals surface area contributed by atoms with Gasteiger partial charge in [-0.25, -0.2) is 4.98 Å². The molecule has 98 valence electrons. The molecule has 0 fully saturated rings. The first-order valence-electron chi connectivity index (χ1n) is 5.80. The van der Waals surface area contributed by atoms with Gasteiger partial charge in [-0.15, -0.1) is 0 Å². The van der Waals surface area contributed by atoms with Crippen LogP contribution in [0.2, 0.25) is 0 Å². The molecule has 0 aliphatic heterocycles. The monoisotopic (exact) mass is 256 g/mol. The van der Waals surface area contributed by atoms with Crippen LogP contribution < -0.4 is 15.4 Å². The van der Waals surface area contributed by atoms with Gasteiger partial charge in [-0.1, -0.05) is 12.1 Å². The van der Waals surface area contributed by atoms with Gasteiger partial charge in [0, 0.05) is 18.8 Å². The van der Waals surface area contributed by atoms with Crippen LogP contribution >= 0.6 is 0 Å². The minimum absolute atomic E-state index is 0.0130. The van der Waals surface area contributed by atoms with Crippen molar-refractivity contribution in [3.63, 3.8) is 0 Å². The smallest absolute Gasteiger partial charge is 0.142 e. The van der Waals surface area contributed by atoms with E-state index in [-0.39, 0.29) is 5.84 Å². The highest BCUT2D eigenvalue weighted by molar-refractivity contribution is 5.94. The SMILES string of the molecule is COc1ccccc1N(C)c1ccc(C(=N)N)cn1. The van der Waals surface area contributed by atoms with Gasteiger partial charge in [0.05, 0.1) is 12.8 Å². The molecule has 0 atom stereocenters. The summed E-state index contributed by atoms with van der Waals surface area (Å²) >= 11 is 0. The third-order valence-electron chi connectivity index (χ3n) is 2.85. The summed E-state index contributed by atoms with van der Waals surface area (Å²) in [5, 5.41) is 7.35. The molecule has 5 nitrogen and oxygen atoms in total. The Bertz CT molecular complexity index is 580. The molecule has 0 aliphatic carbocycles. The Morgan fingerprint density at radius 1 is 1.26 bits per heavy atom. The molecule has 1 aromatic carbocycles. The first-order valence-corrected chi connectivity index (χ1v) is 5.80. The molecule has 0 saturated heterocycles. The van der Waals surface area contributed by atoms with Crippen LogP contribution in [0.1, 0.15) is 5.56 Å². The lowest BCUT2D eigenvalue weighted by molar-refractivity contribution is 0.415. The molecule has 0 bridgehead atoms. The average molecular weight is 256 g/mol. The summed E-state index contributed by atoms with van der Waals surface area (Å²) < 4.78 is 5.33. The number of para-hydroxylation sites is 2. The summed E-state index contributed by atoms with van der Waals surface area (Å²) in [5.74, 6) is 1.55. The molecular formula is C14H16N4O. The van der Waals surface area contributed by atoms with Gasteiger partial charge in [-0.2, -0.15) is 0 Å². The molecule has 0 spiro atoms. The fourth-order valence-electron chi connectivity index (χ4n) is 1.77. The number of benzene rings is 1. The predicted octanol–water partition coefficient (Wildman–Crippen LogP) is 2.14. The van der Waals surface area contributed by atoms with E-state index in [1.165, 1.54) is 0 Å². The Balaban J connectivity index is 2.33. The van der Waals surface area contributed by atoms with Crippen molar-refractivity contribution in [1.82, 2.24) is 4.98 Å². The zero-order chi connectivity index (χ0) is 13.8. The van der Waals surface area contributed by atoms with Crippen LogP contribution in [0.25, 0.3) is 0 Å². The maximum Gasteiger partial charge on any atom is 0.142 e. The quantitative estimate of drug-likeness (QED) is 0.649. The molecule has 2 rings (SSSR count). The van der Waals surface area contributed by atoms with Gasteiger partial charge < -0.3 is 15.4 Å². The lowest BCUT2D eigenvalue weighted by Crippen LogP contribution is -2.14. The third-order valence-corrected chi connectivity index (χ3v) is 2.85. The van der Waals surface area contributed by atoms with Gasteiger partial charge in [0.25, 0.3) is 0 Å².